The highest BCUT2D eigenvalue weighted by molar-refractivity contribution is 7.88. The highest BCUT2D eigenvalue weighted by Gasteiger charge is 2.45. The van der Waals surface area contributed by atoms with E-state index in [9.17, 15) is 18.0 Å². The first-order chi connectivity index (χ1) is 13.6. The average molecular weight is 425 g/mol. The molecule has 2 aliphatic heterocycles. The zero-order valence-electron chi connectivity index (χ0n) is 16.9. The molecule has 10 nitrogen and oxygen atoms in total. The van der Waals surface area contributed by atoms with Gasteiger partial charge in [0.25, 0.3) is 0 Å². The molecule has 0 aromatic carbocycles. The van der Waals surface area contributed by atoms with E-state index in [-0.39, 0.29) is 36.4 Å². The SMILES string of the molecule is CC(C)C(=O)NC[C@H]1C(=O)N2C[C@@H](NS(C)(=O)=O)C[C@H]2CN1Cc1cnccn1. The minimum atomic E-state index is -3.35. The number of hydrogen-bond donors (Lipinski definition) is 2. The van der Waals surface area contributed by atoms with Crippen molar-refractivity contribution in [1.82, 2.24) is 29.8 Å². The van der Waals surface area contributed by atoms with Crippen LogP contribution in [0.25, 0.3) is 0 Å². The summed E-state index contributed by atoms with van der Waals surface area (Å²) in [6.45, 7) is 5.14. The first kappa shape index (κ1) is 21.6. The van der Waals surface area contributed by atoms with E-state index in [1.54, 1.807) is 37.3 Å². The Bertz CT molecular complexity index is 847. The van der Waals surface area contributed by atoms with E-state index in [4.69, 9.17) is 0 Å². The van der Waals surface area contributed by atoms with E-state index in [0.29, 0.717) is 26.1 Å². The molecule has 3 heterocycles. The molecule has 0 bridgehead atoms. The van der Waals surface area contributed by atoms with Gasteiger partial charge in [-0.25, -0.2) is 13.1 Å². The smallest absolute Gasteiger partial charge is 0.242 e. The van der Waals surface area contributed by atoms with Crippen molar-refractivity contribution in [2.24, 2.45) is 5.92 Å². The molecule has 0 saturated carbocycles. The van der Waals surface area contributed by atoms with E-state index >= 15 is 0 Å². The van der Waals surface area contributed by atoms with E-state index in [2.05, 4.69) is 20.0 Å². The van der Waals surface area contributed by atoms with Crippen LogP contribution in [0.3, 0.4) is 0 Å². The second-order valence-electron chi connectivity index (χ2n) is 8.01. The maximum atomic E-state index is 13.2. The van der Waals surface area contributed by atoms with Crippen molar-refractivity contribution in [3.05, 3.63) is 24.3 Å². The summed E-state index contributed by atoms with van der Waals surface area (Å²) in [4.78, 5) is 37.4. The molecule has 0 aliphatic carbocycles. The van der Waals surface area contributed by atoms with Crippen molar-refractivity contribution < 1.29 is 18.0 Å². The van der Waals surface area contributed by atoms with Gasteiger partial charge in [0.2, 0.25) is 21.8 Å². The predicted octanol–water partition coefficient (Wildman–Crippen LogP) is -1.05. The minimum absolute atomic E-state index is 0.0875. The maximum absolute atomic E-state index is 13.2. The zero-order chi connectivity index (χ0) is 21.2. The van der Waals surface area contributed by atoms with Crippen LogP contribution in [0, 0.1) is 5.92 Å². The van der Waals surface area contributed by atoms with Gasteiger partial charge in [0.1, 0.15) is 6.04 Å². The van der Waals surface area contributed by atoms with Gasteiger partial charge in [-0.1, -0.05) is 13.8 Å². The van der Waals surface area contributed by atoms with Gasteiger partial charge in [-0.15, -0.1) is 0 Å². The lowest BCUT2D eigenvalue weighted by Crippen LogP contribution is -2.62. The van der Waals surface area contributed by atoms with Gasteiger partial charge >= 0.3 is 0 Å². The fourth-order valence-corrected chi connectivity index (χ4v) is 4.68. The average Bonchev–Trinajstić information content (AvgIpc) is 3.02. The Labute approximate surface area is 171 Å². The van der Waals surface area contributed by atoms with Crippen LogP contribution in [0.5, 0.6) is 0 Å². The van der Waals surface area contributed by atoms with Crippen LogP contribution in [-0.4, -0.2) is 84.0 Å². The summed E-state index contributed by atoms with van der Waals surface area (Å²) in [7, 11) is -3.35. The number of carbonyl (C=O) groups excluding carboxylic acids is 2. The summed E-state index contributed by atoms with van der Waals surface area (Å²) in [5, 5.41) is 2.85. The number of fused-ring (bicyclic) bond motifs is 1. The fraction of sp³-hybridized carbons (Fsp3) is 0.667. The summed E-state index contributed by atoms with van der Waals surface area (Å²) < 4.78 is 25.8. The van der Waals surface area contributed by atoms with Gasteiger partial charge in [-0.05, 0) is 6.42 Å². The third-order valence-electron chi connectivity index (χ3n) is 5.23. The normalized spacial score (nSPS) is 25.3. The maximum Gasteiger partial charge on any atom is 0.242 e. The number of sulfonamides is 1. The van der Waals surface area contributed by atoms with Gasteiger partial charge in [0, 0.05) is 62.8 Å². The molecule has 2 amide bonds. The molecule has 1 aromatic heterocycles. The minimum Gasteiger partial charge on any atom is -0.354 e. The molecule has 160 valence electrons. The van der Waals surface area contributed by atoms with E-state index in [0.717, 1.165) is 11.9 Å². The summed E-state index contributed by atoms with van der Waals surface area (Å²) >= 11 is 0. The van der Waals surface area contributed by atoms with Crippen LogP contribution in [0.4, 0.5) is 0 Å². The van der Waals surface area contributed by atoms with Gasteiger partial charge < -0.3 is 10.2 Å². The Morgan fingerprint density at radius 2 is 2.07 bits per heavy atom. The lowest BCUT2D eigenvalue weighted by molar-refractivity contribution is -0.144. The van der Waals surface area contributed by atoms with Crippen LogP contribution in [-0.2, 0) is 26.2 Å². The van der Waals surface area contributed by atoms with Crippen LogP contribution in [0.1, 0.15) is 26.0 Å². The van der Waals surface area contributed by atoms with Crippen LogP contribution in [0.15, 0.2) is 18.6 Å². The molecule has 3 atom stereocenters. The third kappa shape index (κ3) is 5.49. The van der Waals surface area contributed by atoms with Crippen molar-refractivity contribution in [2.75, 3.05) is 25.9 Å². The molecule has 11 heteroatoms. The summed E-state index contributed by atoms with van der Waals surface area (Å²) in [6.07, 6.45) is 6.52. The lowest BCUT2D eigenvalue weighted by atomic mass is 10.0. The van der Waals surface area contributed by atoms with Crippen molar-refractivity contribution in [3.63, 3.8) is 0 Å². The van der Waals surface area contributed by atoms with Crippen molar-refractivity contribution in [1.29, 1.82) is 0 Å². The van der Waals surface area contributed by atoms with E-state index in [1.165, 1.54) is 0 Å². The highest BCUT2D eigenvalue weighted by Crippen LogP contribution is 2.27. The molecule has 0 spiro atoms. The Morgan fingerprint density at radius 1 is 1.31 bits per heavy atom. The van der Waals surface area contributed by atoms with Gasteiger partial charge in [0.15, 0.2) is 0 Å². The van der Waals surface area contributed by atoms with Gasteiger partial charge in [0.05, 0.1) is 11.9 Å². The Balaban J connectivity index is 1.77. The van der Waals surface area contributed by atoms with Crippen molar-refractivity contribution in [3.8, 4) is 0 Å². The number of nitrogens with one attached hydrogen (secondary N) is 2. The summed E-state index contributed by atoms with van der Waals surface area (Å²) in [6, 6.07) is -0.926. The first-order valence-corrected chi connectivity index (χ1v) is 11.6. The molecule has 2 N–H and O–H groups in total. The second kappa shape index (κ2) is 8.72. The highest BCUT2D eigenvalue weighted by atomic mass is 32.2. The van der Waals surface area contributed by atoms with Crippen molar-refractivity contribution >= 4 is 21.8 Å². The lowest BCUT2D eigenvalue weighted by Gasteiger charge is -2.42. The van der Waals surface area contributed by atoms with E-state index < -0.39 is 16.1 Å². The molecule has 0 unspecified atom stereocenters. The molecule has 3 rings (SSSR count). The Kier molecular flexibility index (Phi) is 6.49. The molecule has 29 heavy (non-hydrogen) atoms. The standard InChI is InChI=1S/C18H28N6O4S/c1-12(2)17(25)21-8-16-18(26)24-10-13(22-29(3,27)28)6-15(24)11-23(16)9-14-7-19-4-5-20-14/h4-5,7,12-13,15-16,22H,6,8-11H2,1-3H3,(H,21,25)/t13-,15-,16-/m0/s1. The number of piperazine rings is 1. The number of amides is 2. The third-order valence-corrected chi connectivity index (χ3v) is 5.99. The van der Waals surface area contributed by atoms with Gasteiger partial charge in [-0.2, -0.15) is 0 Å². The number of hydrogen-bond acceptors (Lipinski definition) is 7. The molecular weight excluding hydrogens is 396 g/mol. The summed E-state index contributed by atoms with van der Waals surface area (Å²) in [5.74, 6) is -0.394. The molecule has 0 radical (unpaired) electrons. The Hall–Kier alpha value is -2.11. The van der Waals surface area contributed by atoms with E-state index in [1.807, 2.05) is 4.90 Å². The topological polar surface area (TPSA) is 125 Å². The molecular formula is C18H28N6O4S. The number of rotatable bonds is 7. The second-order valence-corrected chi connectivity index (χ2v) is 9.79. The largest absolute Gasteiger partial charge is 0.354 e. The van der Waals surface area contributed by atoms with Gasteiger partial charge in [-0.3, -0.25) is 24.5 Å². The van der Waals surface area contributed by atoms with Crippen LogP contribution < -0.4 is 10.0 Å². The first-order valence-electron chi connectivity index (χ1n) is 9.68. The fourth-order valence-electron chi connectivity index (χ4n) is 3.91. The monoisotopic (exact) mass is 424 g/mol. The molecule has 2 aliphatic rings. The molecule has 2 fully saturated rings. The molecule has 2 saturated heterocycles. The van der Waals surface area contributed by atoms with Crippen molar-refractivity contribution in [2.45, 2.75) is 44.9 Å². The number of aromatic nitrogens is 2. The van der Waals surface area contributed by atoms with Crippen LogP contribution in [0.2, 0.25) is 0 Å². The zero-order valence-corrected chi connectivity index (χ0v) is 17.7. The quantitative estimate of drug-likeness (QED) is 0.572. The number of carbonyl (C=O) groups is 2. The Morgan fingerprint density at radius 3 is 2.69 bits per heavy atom. The summed E-state index contributed by atoms with van der Waals surface area (Å²) in [5.41, 5.74) is 0.734. The van der Waals surface area contributed by atoms with Crippen LogP contribution >= 0.6 is 0 Å². The number of nitrogens with zero attached hydrogens (tertiary/aromatic N) is 4. The molecule has 1 aromatic rings. The predicted molar refractivity (Wildman–Crippen MR) is 106 cm³/mol.